The minimum Gasteiger partial charge on any atom is -0.466 e. The second kappa shape index (κ2) is 66.1. The number of aliphatic hydroxyl groups is 2. The Hall–Kier alpha value is -1.40. The van der Waals surface area contributed by atoms with Gasteiger partial charge in [0.05, 0.1) is 25.4 Å². The van der Waals surface area contributed by atoms with E-state index in [1.54, 1.807) is 6.08 Å². The third-order valence-corrected chi connectivity index (χ3v) is 16.6. The largest absolute Gasteiger partial charge is 0.466 e. The number of hydrogen-bond donors (Lipinski definition) is 3. The van der Waals surface area contributed by atoms with Crippen molar-refractivity contribution < 1.29 is 24.5 Å². The molecule has 0 fully saturated rings. The lowest BCUT2D eigenvalue weighted by atomic mass is 10.0. The third-order valence-electron chi connectivity index (χ3n) is 16.6. The molecule has 0 bridgehead atoms. The van der Waals surface area contributed by atoms with Gasteiger partial charge in [0.25, 0.3) is 0 Å². The van der Waals surface area contributed by atoms with Gasteiger partial charge in [-0.15, -0.1) is 0 Å². The molecule has 0 aromatic heterocycles. The number of nitrogens with one attached hydrogen (secondary N) is 1. The highest BCUT2D eigenvalue weighted by Crippen LogP contribution is 2.19. The van der Waals surface area contributed by atoms with E-state index in [2.05, 4.69) is 19.2 Å². The van der Waals surface area contributed by atoms with Crippen LogP contribution in [0.2, 0.25) is 0 Å². The Morgan fingerprint density at radius 2 is 0.605 bits per heavy atom. The van der Waals surface area contributed by atoms with E-state index in [9.17, 15) is 19.8 Å². The Bertz CT molecular complexity index is 1140. The summed E-state index contributed by atoms with van der Waals surface area (Å²) in [6.45, 7) is 4.94. The average molecular weight is 1070 g/mol. The van der Waals surface area contributed by atoms with Crippen LogP contribution in [-0.2, 0) is 14.3 Å². The maximum absolute atomic E-state index is 12.5. The van der Waals surface area contributed by atoms with E-state index < -0.39 is 12.1 Å². The number of carbonyl (C=O) groups is 2. The van der Waals surface area contributed by atoms with Gasteiger partial charge in [0.2, 0.25) is 5.91 Å². The van der Waals surface area contributed by atoms with Gasteiger partial charge in [-0.1, -0.05) is 366 Å². The zero-order valence-corrected chi connectivity index (χ0v) is 51.8. The summed E-state index contributed by atoms with van der Waals surface area (Å²) in [6.07, 6.45) is 81.3. The summed E-state index contributed by atoms with van der Waals surface area (Å²) >= 11 is 0. The fraction of sp³-hybridized carbons (Fsp3) is 0.943. The van der Waals surface area contributed by atoms with Crippen LogP contribution < -0.4 is 5.32 Å². The molecule has 76 heavy (non-hydrogen) atoms. The quantitative estimate of drug-likeness (QED) is 0.0320. The number of amides is 1. The van der Waals surface area contributed by atoms with Crippen LogP contribution in [0.25, 0.3) is 0 Å². The van der Waals surface area contributed by atoms with Crippen LogP contribution in [0, 0.1) is 0 Å². The van der Waals surface area contributed by atoms with Crippen molar-refractivity contribution in [3.63, 3.8) is 0 Å². The van der Waals surface area contributed by atoms with E-state index in [1.807, 2.05) is 6.08 Å². The van der Waals surface area contributed by atoms with Crippen LogP contribution in [-0.4, -0.2) is 47.4 Å². The topological polar surface area (TPSA) is 95.9 Å². The summed E-state index contributed by atoms with van der Waals surface area (Å²) in [6, 6.07) is -0.632. The first kappa shape index (κ1) is 74.6. The molecule has 2 atom stereocenters. The Labute approximate surface area is 476 Å². The van der Waals surface area contributed by atoms with Crippen molar-refractivity contribution in [2.24, 2.45) is 0 Å². The van der Waals surface area contributed by atoms with Crippen molar-refractivity contribution in [2.75, 3.05) is 13.2 Å². The lowest BCUT2D eigenvalue weighted by Crippen LogP contribution is -2.45. The molecule has 0 saturated carbocycles. The number of hydrogen-bond acceptors (Lipinski definition) is 5. The lowest BCUT2D eigenvalue weighted by Gasteiger charge is -2.20. The summed E-state index contributed by atoms with van der Waals surface area (Å²) in [5, 5.41) is 23.3. The molecule has 0 heterocycles. The molecule has 1 amide bonds. The molecule has 0 saturated heterocycles. The van der Waals surface area contributed by atoms with Gasteiger partial charge in [0, 0.05) is 12.8 Å². The van der Waals surface area contributed by atoms with E-state index in [0.717, 1.165) is 38.5 Å². The van der Waals surface area contributed by atoms with Gasteiger partial charge in [-0.2, -0.15) is 0 Å². The fourth-order valence-electron chi connectivity index (χ4n) is 11.2. The van der Waals surface area contributed by atoms with E-state index in [1.165, 1.54) is 334 Å². The van der Waals surface area contributed by atoms with Gasteiger partial charge in [0.15, 0.2) is 0 Å². The highest BCUT2D eigenvalue weighted by molar-refractivity contribution is 5.76. The monoisotopic (exact) mass is 1070 g/mol. The molecule has 452 valence electrons. The second-order valence-electron chi connectivity index (χ2n) is 24.2. The number of ether oxygens (including phenoxy) is 1. The van der Waals surface area contributed by atoms with E-state index in [-0.39, 0.29) is 18.5 Å². The molecule has 3 N–H and O–H groups in total. The first-order valence-corrected chi connectivity index (χ1v) is 35.0. The van der Waals surface area contributed by atoms with Crippen molar-refractivity contribution >= 4 is 11.9 Å². The van der Waals surface area contributed by atoms with Crippen molar-refractivity contribution in [1.29, 1.82) is 0 Å². The van der Waals surface area contributed by atoms with Gasteiger partial charge in [0.1, 0.15) is 0 Å². The zero-order valence-electron chi connectivity index (χ0n) is 51.8. The molecule has 2 unspecified atom stereocenters. The van der Waals surface area contributed by atoms with Gasteiger partial charge in [-0.05, 0) is 32.1 Å². The maximum atomic E-state index is 12.5. The fourth-order valence-corrected chi connectivity index (χ4v) is 11.2. The molecule has 0 aliphatic rings. The Morgan fingerprint density at radius 1 is 0.355 bits per heavy atom. The van der Waals surface area contributed by atoms with E-state index >= 15 is 0 Å². The van der Waals surface area contributed by atoms with Crippen molar-refractivity contribution in [2.45, 2.75) is 411 Å². The van der Waals surface area contributed by atoms with Crippen LogP contribution in [0.5, 0.6) is 0 Å². The summed E-state index contributed by atoms with van der Waals surface area (Å²) < 4.78 is 5.50. The van der Waals surface area contributed by atoms with Gasteiger partial charge >= 0.3 is 5.97 Å². The van der Waals surface area contributed by atoms with Crippen molar-refractivity contribution in [3.05, 3.63) is 12.2 Å². The number of carbonyl (C=O) groups excluding carboxylic acids is 2. The van der Waals surface area contributed by atoms with E-state index in [0.29, 0.717) is 19.4 Å². The molecular formula is C70H137NO5. The molecule has 0 spiro atoms. The maximum Gasteiger partial charge on any atom is 0.305 e. The minimum absolute atomic E-state index is 0.0113. The predicted octanol–water partition coefficient (Wildman–Crippen LogP) is 22.4. The van der Waals surface area contributed by atoms with Crippen molar-refractivity contribution in [1.82, 2.24) is 5.32 Å². The van der Waals surface area contributed by atoms with Gasteiger partial charge in [-0.25, -0.2) is 0 Å². The third kappa shape index (κ3) is 61.8. The summed E-state index contributed by atoms with van der Waals surface area (Å²) in [4.78, 5) is 24.6. The molecule has 0 radical (unpaired) electrons. The first-order valence-electron chi connectivity index (χ1n) is 35.0. The highest BCUT2D eigenvalue weighted by atomic mass is 16.5. The zero-order chi connectivity index (χ0) is 55.0. The summed E-state index contributed by atoms with van der Waals surface area (Å²) in [5.74, 6) is -0.0554. The van der Waals surface area contributed by atoms with Crippen LogP contribution in [0.3, 0.4) is 0 Å². The van der Waals surface area contributed by atoms with E-state index in [4.69, 9.17) is 4.74 Å². The molecule has 0 aromatic carbocycles. The molecule has 0 aliphatic heterocycles. The molecule has 6 heteroatoms. The molecular weight excluding hydrogens is 935 g/mol. The molecule has 0 aliphatic carbocycles. The summed E-state index contributed by atoms with van der Waals surface area (Å²) in [5.41, 5.74) is 0. The molecule has 0 aromatic rings. The number of aliphatic hydroxyl groups excluding tert-OH is 2. The Balaban J connectivity index is 3.42. The molecule has 0 rings (SSSR count). The number of unbranched alkanes of at least 4 members (excludes halogenated alkanes) is 55. The first-order chi connectivity index (χ1) is 37.5. The number of rotatable bonds is 66. The normalized spacial score (nSPS) is 12.5. The Kier molecular flexibility index (Phi) is 64.9. The standard InChI is InChI=1S/C70H137NO5/c1-3-5-7-9-11-13-15-17-19-21-22-23-24-25-26-27-28-31-34-38-42-46-50-54-58-62-68(73)67(66-72)71-69(74)63-59-55-51-47-43-39-35-32-29-30-33-37-41-45-49-53-57-61-65-76-70(75)64-60-56-52-48-44-40-36-20-18-16-14-12-10-8-6-4-2/h58,62,67-68,72-73H,3-57,59-61,63-66H2,1-2H3,(H,71,74)/b62-58+. The second-order valence-corrected chi connectivity index (χ2v) is 24.2. The minimum atomic E-state index is -0.848. The lowest BCUT2D eigenvalue weighted by molar-refractivity contribution is -0.143. The van der Waals surface area contributed by atoms with Crippen molar-refractivity contribution in [3.8, 4) is 0 Å². The highest BCUT2D eigenvalue weighted by Gasteiger charge is 2.18. The van der Waals surface area contributed by atoms with Gasteiger partial charge < -0.3 is 20.3 Å². The van der Waals surface area contributed by atoms with Crippen LogP contribution in [0.15, 0.2) is 12.2 Å². The Morgan fingerprint density at radius 3 is 0.895 bits per heavy atom. The number of allylic oxidation sites excluding steroid dienone is 1. The van der Waals surface area contributed by atoms with Crippen LogP contribution in [0.1, 0.15) is 399 Å². The smallest absolute Gasteiger partial charge is 0.305 e. The SMILES string of the molecule is CCCCCCCCCCCCCCCCCCCCCCCCC/C=C/C(O)C(CO)NC(=O)CCCCCCCCCCCCCCCCCCCCOC(=O)CCCCCCCCCCCCCCCCCC. The molecule has 6 nitrogen and oxygen atoms in total. The summed E-state index contributed by atoms with van der Waals surface area (Å²) in [7, 11) is 0. The predicted molar refractivity (Wildman–Crippen MR) is 333 cm³/mol. The van der Waals surface area contributed by atoms with Gasteiger partial charge in [-0.3, -0.25) is 9.59 Å². The van der Waals surface area contributed by atoms with Crippen LogP contribution >= 0.6 is 0 Å². The van der Waals surface area contributed by atoms with Crippen LogP contribution in [0.4, 0.5) is 0 Å². The average Bonchev–Trinajstić information content (AvgIpc) is 3.42. The number of esters is 1.